The van der Waals surface area contributed by atoms with Gasteiger partial charge in [0.1, 0.15) is 12.7 Å². The number of hydrogen-bond donors (Lipinski definition) is 0. The molecule has 5 nitrogen and oxygen atoms in total. The van der Waals surface area contributed by atoms with Crippen molar-refractivity contribution in [2.45, 2.75) is 68.2 Å². The Morgan fingerprint density at radius 1 is 1.16 bits per heavy atom. The minimum atomic E-state index is 0.285. The lowest BCUT2D eigenvalue weighted by Gasteiger charge is -2.60. The van der Waals surface area contributed by atoms with Crippen LogP contribution in [0.15, 0.2) is 12.7 Å². The van der Waals surface area contributed by atoms with Gasteiger partial charge in [-0.15, -0.1) is 0 Å². The van der Waals surface area contributed by atoms with Crippen molar-refractivity contribution in [2.24, 2.45) is 17.3 Å². The highest BCUT2D eigenvalue weighted by Crippen LogP contribution is 2.65. The van der Waals surface area contributed by atoms with E-state index in [4.69, 9.17) is 0 Å². The zero-order valence-electron chi connectivity index (χ0n) is 14.7. The summed E-state index contributed by atoms with van der Waals surface area (Å²) in [4.78, 5) is 19.2. The normalized spacial score (nSPS) is 40.6. The average Bonchev–Trinajstić information content (AvgIpc) is 3.06. The van der Waals surface area contributed by atoms with Crippen LogP contribution in [-0.4, -0.2) is 43.0 Å². The lowest BCUT2D eigenvalue weighted by molar-refractivity contribution is -0.139. The average molecular weight is 407 g/mol. The van der Waals surface area contributed by atoms with Gasteiger partial charge in [0.25, 0.3) is 0 Å². The van der Waals surface area contributed by atoms with Gasteiger partial charge in [-0.05, 0) is 68.6 Å². The van der Waals surface area contributed by atoms with Gasteiger partial charge in [-0.2, -0.15) is 5.10 Å². The molecule has 1 aromatic rings. The fourth-order valence-electron chi connectivity index (χ4n) is 6.76. The molecule has 5 fully saturated rings. The van der Waals surface area contributed by atoms with Crippen molar-refractivity contribution in [1.82, 2.24) is 19.7 Å². The van der Waals surface area contributed by atoms with Gasteiger partial charge >= 0.3 is 0 Å². The van der Waals surface area contributed by atoms with Crippen molar-refractivity contribution < 1.29 is 4.79 Å². The van der Waals surface area contributed by atoms with Crippen molar-refractivity contribution in [3.05, 3.63) is 12.7 Å². The highest BCUT2D eigenvalue weighted by molar-refractivity contribution is 9.10. The summed E-state index contributed by atoms with van der Waals surface area (Å²) in [5.41, 5.74) is 0.285. The van der Waals surface area contributed by atoms with Crippen LogP contribution in [0.1, 0.15) is 63.8 Å². The van der Waals surface area contributed by atoms with E-state index in [-0.39, 0.29) is 5.41 Å². The van der Waals surface area contributed by atoms with Crippen LogP contribution in [-0.2, 0) is 4.79 Å². The molecule has 5 aliphatic rings. The van der Waals surface area contributed by atoms with Gasteiger partial charge < -0.3 is 4.90 Å². The summed E-state index contributed by atoms with van der Waals surface area (Å²) in [7, 11) is 0. The van der Waals surface area contributed by atoms with Gasteiger partial charge in [0, 0.05) is 23.8 Å². The molecule has 1 amide bonds. The Kier molecular flexibility index (Phi) is 3.77. The third-order valence-corrected chi connectivity index (χ3v) is 8.19. The molecular weight excluding hydrogens is 380 g/mol. The molecule has 2 unspecified atom stereocenters. The first-order valence-electron chi connectivity index (χ1n) is 9.83. The van der Waals surface area contributed by atoms with Crippen molar-refractivity contribution in [3.8, 4) is 0 Å². The van der Waals surface area contributed by atoms with Gasteiger partial charge in [0.05, 0.1) is 6.04 Å². The van der Waals surface area contributed by atoms with Crippen LogP contribution in [0.3, 0.4) is 0 Å². The fourth-order valence-corrected chi connectivity index (χ4v) is 8.27. The maximum atomic E-state index is 13.1. The molecule has 25 heavy (non-hydrogen) atoms. The lowest BCUT2D eigenvalue weighted by Crippen LogP contribution is -2.54. The van der Waals surface area contributed by atoms with E-state index in [1.165, 1.54) is 38.5 Å². The Hall–Kier alpha value is -0.910. The van der Waals surface area contributed by atoms with Crippen molar-refractivity contribution >= 4 is 21.8 Å². The number of hydrogen-bond acceptors (Lipinski definition) is 3. The standard InChI is InChI=1S/C19H27BrN4O/c20-19-8-14-5-15(9-19)7-18(6-14,11-19)10-17(25)23-3-1-16(2-4-23)24-13-21-12-22-24/h12-16H,1-11H2. The molecule has 4 saturated carbocycles. The van der Waals surface area contributed by atoms with Crippen molar-refractivity contribution in [3.63, 3.8) is 0 Å². The highest BCUT2D eigenvalue weighted by Gasteiger charge is 2.57. The van der Waals surface area contributed by atoms with E-state index < -0.39 is 0 Å². The summed E-state index contributed by atoms with van der Waals surface area (Å²) < 4.78 is 2.30. The number of alkyl halides is 1. The number of piperidine rings is 1. The predicted octanol–water partition coefficient (Wildman–Crippen LogP) is 3.57. The maximum Gasteiger partial charge on any atom is 0.223 e. The first-order chi connectivity index (χ1) is 12.0. The fraction of sp³-hybridized carbons (Fsp3) is 0.842. The largest absolute Gasteiger partial charge is 0.343 e. The smallest absolute Gasteiger partial charge is 0.223 e. The molecule has 136 valence electrons. The summed E-state index contributed by atoms with van der Waals surface area (Å²) in [6.07, 6.45) is 14.0. The van der Waals surface area contributed by atoms with E-state index >= 15 is 0 Å². The summed E-state index contributed by atoms with van der Waals surface area (Å²) >= 11 is 4.07. The maximum absolute atomic E-state index is 13.1. The summed E-state index contributed by atoms with van der Waals surface area (Å²) in [6.45, 7) is 1.73. The quantitative estimate of drug-likeness (QED) is 0.720. The molecule has 6 rings (SSSR count). The van der Waals surface area contributed by atoms with Crippen molar-refractivity contribution in [1.29, 1.82) is 0 Å². The number of amides is 1. The van der Waals surface area contributed by atoms with Crippen LogP contribution < -0.4 is 0 Å². The molecule has 2 atom stereocenters. The summed E-state index contributed by atoms with van der Waals surface area (Å²) in [6, 6.07) is 0.400. The summed E-state index contributed by atoms with van der Waals surface area (Å²) in [5.74, 6) is 2.10. The number of carbonyl (C=O) groups is 1. The van der Waals surface area contributed by atoms with Crippen LogP contribution in [0.4, 0.5) is 0 Å². The molecule has 4 aliphatic carbocycles. The van der Waals surface area contributed by atoms with Crippen LogP contribution in [0, 0.1) is 17.3 Å². The topological polar surface area (TPSA) is 51.0 Å². The molecule has 2 heterocycles. The third kappa shape index (κ3) is 2.94. The van der Waals surface area contributed by atoms with Gasteiger partial charge in [-0.25, -0.2) is 9.67 Å². The minimum absolute atomic E-state index is 0.285. The number of aromatic nitrogens is 3. The second kappa shape index (κ2) is 5.80. The van der Waals surface area contributed by atoms with Gasteiger partial charge in [-0.3, -0.25) is 4.79 Å². The van der Waals surface area contributed by atoms with Crippen molar-refractivity contribution in [2.75, 3.05) is 13.1 Å². The predicted molar refractivity (Wildman–Crippen MR) is 98.3 cm³/mol. The molecule has 0 aromatic carbocycles. The zero-order valence-corrected chi connectivity index (χ0v) is 16.3. The second-order valence-electron chi connectivity index (χ2n) is 9.28. The van der Waals surface area contributed by atoms with Crippen LogP contribution in [0.2, 0.25) is 0 Å². The molecule has 1 saturated heterocycles. The number of likely N-dealkylation sites (tertiary alicyclic amines) is 1. The Morgan fingerprint density at radius 2 is 1.88 bits per heavy atom. The molecule has 4 bridgehead atoms. The Labute approximate surface area is 157 Å². The Bertz CT molecular complexity index is 638. The Balaban J connectivity index is 1.23. The first-order valence-corrected chi connectivity index (χ1v) is 10.6. The minimum Gasteiger partial charge on any atom is -0.343 e. The van der Waals surface area contributed by atoms with Gasteiger partial charge in [-0.1, -0.05) is 15.9 Å². The molecule has 0 N–H and O–H groups in total. The van der Waals surface area contributed by atoms with Crippen LogP contribution in [0.25, 0.3) is 0 Å². The molecular formula is C19H27BrN4O. The molecule has 1 aliphatic heterocycles. The van der Waals surface area contributed by atoms with E-state index in [0.717, 1.165) is 44.2 Å². The van der Waals surface area contributed by atoms with E-state index in [1.54, 1.807) is 12.7 Å². The molecule has 1 aromatic heterocycles. The van der Waals surface area contributed by atoms with Gasteiger partial charge in [0.2, 0.25) is 5.91 Å². The lowest BCUT2D eigenvalue weighted by atomic mass is 9.48. The van der Waals surface area contributed by atoms with E-state index in [1.807, 2.05) is 4.68 Å². The number of nitrogens with zero attached hydrogens (tertiary/aromatic N) is 4. The number of carbonyl (C=O) groups excluding carboxylic acids is 1. The molecule has 6 heteroatoms. The van der Waals surface area contributed by atoms with E-state index in [9.17, 15) is 4.79 Å². The Morgan fingerprint density at radius 3 is 2.48 bits per heavy atom. The highest BCUT2D eigenvalue weighted by atomic mass is 79.9. The first kappa shape index (κ1) is 16.3. The third-order valence-electron chi connectivity index (χ3n) is 7.27. The molecule has 0 radical (unpaired) electrons. The van der Waals surface area contributed by atoms with Gasteiger partial charge in [0.15, 0.2) is 0 Å². The summed E-state index contributed by atoms with van der Waals surface area (Å²) in [5, 5.41) is 4.26. The van der Waals surface area contributed by atoms with Crippen LogP contribution >= 0.6 is 15.9 Å². The molecule has 0 spiro atoms. The number of rotatable bonds is 3. The van der Waals surface area contributed by atoms with E-state index in [2.05, 4.69) is 30.9 Å². The zero-order chi connectivity index (χ0) is 17.1. The van der Waals surface area contributed by atoms with E-state index in [0.29, 0.717) is 16.3 Å². The number of halogens is 1. The second-order valence-corrected chi connectivity index (χ2v) is 11.0. The SMILES string of the molecule is O=C(CC12CC3CC(CC(Br)(C3)C1)C2)N1CCC(n2cncn2)CC1. The van der Waals surface area contributed by atoms with Crippen LogP contribution in [0.5, 0.6) is 0 Å². The monoisotopic (exact) mass is 406 g/mol.